The molecule has 0 aliphatic carbocycles. The van der Waals surface area contributed by atoms with Crippen LogP contribution in [-0.2, 0) is 0 Å². The highest BCUT2D eigenvalue weighted by Crippen LogP contribution is 2.14. The average molecular weight is 276 g/mol. The van der Waals surface area contributed by atoms with E-state index < -0.39 is 0 Å². The first-order valence-electron chi connectivity index (χ1n) is 6.42. The van der Waals surface area contributed by atoms with Gasteiger partial charge in [0.2, 0.25) is 0 Å². The van der Waals surface area contributed by atoms with Crippen molar-refractivity contribution in [3.63, 3.8) is 0 Å². The number of carbonyl (C=O) groups excluding carboxylic acids is 1. The van der Waals surface area contributed by atoms with Crippen molar-refractivity contribution in [2.75, 3.05) is 0 Å². The van der Waals surface area contributed by atoms with Gasteiger partial charge < -0.3 is 0 Å². The van der Waals surface area contributed by atoms with Crippen LogP contribution >= 0.6 is 0 Å². The fourth-order valence-electron chi connectivity index (χ4n) is 1.96. The van der Waals surface area contributed by atoms with Gasteiger partial charge in [-0.1, -0.05) is 18.2 Å². The molecule has 0 aliphatic rings. The molecule has 2 aromatic heterocycles. The first-order valence-corrected chi connectivity index (χ1v) is 6.42. The van der Waals surface area contributed by atoms with E-state index in [0.717, 1.165) is 16.5 Å². The van der Waals surface area contributed by atoms with Gasteiger partial charge in [0.25, 0.3) is 5.91 Å². The lowest BCUT2D eigenvalue weighted by Gasteiger charge is -2.01. The monoisotopic (exact) mass is 276 g/mol. The van der Waals surface area contributed by atoms with Crippen molar-refractivity contribution in [1.82, 2.24) is 15.4 Å². The smallest absolute Gasteiger partial charge is 0.267 e. The Morgan fingerprint density at radius 2 is 1.86 bits per heavy atom. The van der Waals surface area contributed by atoms with Crippen molar-refractivity contribution in [2.45, 2.75) is 0 Å². The number of para-hydroxylation sites is 1. The van der Waals surface area contributed by atoms with Crippen molar-refractivity contribution < 1.29 is 4.79 Å². The third-order valence-electron chi connectivity index (χ3n) is 3.00. The number of pyridine rings is 2. The molecule has 0 bridgehead atoms. The molecule has 1 N–H and O–H groups in total. The minimum atomic E-state index is -0.271. The molecular weight excluding hydrogens is 264 g/mol. The third kappa shape index (κ3) is 2.92. The largest absolute Gasteiger partial charge is 0.271 e. The fraction of sp³-hybridized carbons (Fsp3) is 0. The van der Waals surface area contributed by atoms with E-state index in [0.29, 0.717) is 5.56 Å². The van der Waals surface area contributed by atoms with Crippen molar-refractivity contribution in [3.8, 4) is 0 Å². The van der Waals surface area contributed by atoms with E-state index in [1.807, 2.05) is 30.3 Å². The zero-order valence-corrected chi connectivity index (χ0v) is 11.1. The van der Waals surface area contributed by atoms with E-state index in [-0.39, 0.29) is 5.91 Å². The highest BCUT2D eigenvalue weighted by molar-refractivity contribution is 5.99. The maximum atomic E-state index is 11.8. The van der Waals surface area contributed by atoms with Crippen molar-refractivity contribution >= 4 is 23.0 Å². The summed E-state index contributed by atoms with van der Waals surface area (Å²) in [6.45, 7) is 0. The third-order valence-corrected chi connectivity index (χ3v) is 3.00. The predicted octanol–water partition coefficient (Wildman–Crippen LogP) is 2.39. The van der Waals surface area contributed by atoms with E-state index in [1.54, 1.807) is 36.9 Å². The molecule has 102 valence electrons. The second-order valence-corrected chi connectivity index (χ2v) is 4.35. The Hall–Kier alpha value is -3.08. The molecule has 0 fully saturated rings. The Labute approximate surface area is 121 Å². The maximum absolute atomic E-state index is 11.8. The van der Waals surface area contributed by atoms with E-state index in [4.69, 9.17) is 0 Å². The van der Waals surface area contributed by atoms with Gasteiger partial charge in [-0.25, -0.2) is 5.43 Å². The van der Waals surface area contributed by atoms with E-state index in [9.17, 15) is 4.79 Å². The average Bonchev–Trinajstić information content (AvgIpc) is 2.56. The van der Waals surface area contributed by atoms with Crippen molar-refractivity contribution in [1.29, 1.82) is 0 Å². The summed E-state index contributed by atoms with van der Waals surface area (Å²) in [6, 6.07) is 12.9. The zero-order valence-electron chi connectivity index (χ0n) is 11.1. The van der Waals surface area contributed by atoms with Crippen LogP contribution in [0.3, 0.4) is 0 Å². The number of hydrogen-bond donors (Lipinski definition) is 1. The lowest BCUT2D eigenvalue weighted by Crippen LogP contribution is -2.17. The summed E-state index contributed by atoms with van der Waals surface area (Å²) in [4.78, 5) is 20.0. The number of nitrogens with one attached hydrogen (secondary N) is 1. The van der Waals surface area contributed by atoms with Crippen LogP contribution in [0.2, 0.25) is 0 Å². The molecule has 0 spiro atoms. The van der Waals surface area contributed by atoms with Crippen LogP contribution in [0.25, 0.3) is 10.9 Å². The van der Waals surface area contributed by atoms with Crippen LogP contribution in [0.1, 0.15) is 15.9 Å². The van der Waals surface area contributed by atoms with Gasteiger partial charge in [-0.3, -0.25) is 14.8 Å². The molecule has 0 radical (unpaired) electrons. The van der Waals surface area contributed by atoms with Crippen molar-refractivity contribution in [2.24, 2.45) is 5.10 Å². The fourth-order valence-corrected chi connectivity index (χ4v) is 1.96. The zero-order chi connectivity index (χ0) is 14.5. The van der Waals surface area contributed by atoms with Crippen LogP contribution < -0.4 is 5.43 Å². The van der Waals surface area contributed by atoms with Gasteiger partial charge in [-0.2, -0.15) is 5.10 Å². The topological polar surface area (TPSA) is 67.2 Å². The lowest BCUT2D eigenvalue weighted by atomic mass is 10.1. The summed E-state index contributed by atoms with van der Waals surface area (Å²) in [5.74, 6) is -0.271. The van der Waals surface area contributed by atoms with Gasteiger partial charge in [0.05, 0.1) is 11.7 Å². The number of hydrogen-bond acceptors (Lipinski definition) is 4. The van der Waals surface area contributed by atoms with Crippen molar-refractivity contribution in [3.05, 3.63) is 72.2 Å². The highest BCUT2D eigenvalue weighted by atomic mass is 16.2. The predicted molar refractivity (Wildman–Crippen MR) is 81.0 cm³/mol. The minimum absolute atomic E-state index is 0.271. The number of carbonyl (C=O) groups is 1. The Morgan fingerprint density at radius 1 is 1.05 bits per heavy atom. The summed E-state index contributed by atoms with van der Waals surface area (Å²) in [5.41, 5.74) is 4.80. The molecule has 1 aromatic carbocycles. The van der Waals surface area contributed by atoms with E-state index in [1.165, 1.54) is 0 Å². The second kappa shape index (κ2) is 5.92. The van der Waals surface area contributed by atoms with Crippen LogP contribution in [0.15, 0.2) is 66.2 Å². The molecule has 21 heavy (non-hydrogen) atoms. The SMILES string of the molecule is O=C(N/N=C\c1ccnc2ccccc12)c1ccncc1. The van der Waals surface area contributed by atoms with Gasteiger partial charge in [-0.15, -0.1) is 0 Å². The quantitative estimate of drug-likeness (QED) is 0.590. The minimum Gasteiger partial charge on any atom is -0.267 e. The first kappa shape index (κ1) is 12.9. The summed E-state index contributed by atoms with van der Waals surface area (Å²) >= 11 is 0. The molecular formula is C16H12N4O. The Kier molecular flexibility index (Phi) is 3.64. The number of rotatable bonds is 3. The Bertz CT molecular complexity index is 794. The number of nitrogens with zero attached hydrogens (tertiary/aromatic N) is 3. The molecule has 0 aliphatic heterocycles. The number of amides is 1. The molecule has 0 saturated heterocycles. The van der Waals surface area contributed by atoms with Crippen LogP contribution in [0.4, 0.5) is 0 Å². The Balaban J connectivity index is 1.78. The molecule has 5 heteroatoms. The second-order valence-electron chi connectivity index (χ2n) is 4.35. The van der Waals surface area contributed by atoms with Crippen LogP contribution in [0, 0.1) is 0 Å². The first-order chi connectivity index (χ1) is 10.3. The van der Waals surface area contributed by atoms with E-state index in [2.05, 4.69) is 20.5 Å². The number of fused-ring (bicyclic) bond motifs is 1. The lowest BCUT2D eigenvalue weighted by molar-refractivity contribution is 0.0955. The molecule has 1 amide bonds. The molecule has 3 aromatic rings. The summed E-state index contributed by atoms with van der Waals surface area (Å²) in [6.07, 6.45) is 6.46. The molecule has 3 rings (SSSR count). The van der Waals surface area contributed by atoms with Crippen LogP contribution in [-0.4, -0.2) is 22.1 Å². The maximum Gasteiger partial charge on any atom is 0.271 e. The van der Waals surface area contributed by atoms with E-state index >= 15 is 0 Å². The van der Waals surface area contributed by atoms with Crippen LogP contribution in [0.5, 0.6) is 0 Å². The summed E-state index contributed by atoms with van der Waals surface area (Å²) < 4.78 is 0. The number of hydrazone groups is 1. The molecule has 0 saturated carbocycles. The molecule has 5 nitrogen and oxygen atoms in total. The molecule has 0 atom stereocenters. The van der Waals surface area contributed by atoms with Gasteiger partial charge in [0.1, 0.15) is 0 Å². The normalized spacial score (nSPS) is 10.9. The standard InChI is InChI=1S/C16H12N4O/c21-16(12-5-8-17-9-6-12)20-19-11-13-7-10-18-15-4-2-1-3-14(13)15/h1-11H,(H,20,21)/b19-11-. The number of benzene rings is 1. The molecule has 0 unspecified atom stereocenters. The highest BCUT2D eigenvalue weighted by Gasteiger charge is 2.02. The summed E-state index contributed by atoms with van der Waals surface area (Å²) in [7, 11) is 0. The van der Waals surface area contributed by atoms with Gasteiger partial charge in [0.15, 0.2) is 0 Å². The van der Waals surface area contributed by atoms with Gasteiger partial charge in [-0.05, 0) is 24.3 Å². The van der Waals surface area contributed by atoms with Gasteiger partial charge in [0, 0.05) is 35.1 Å². The number of aromatic nitrogens is 2. The summed E-state index contributed by atoms with van der Waals surface area (Å²) in [5, 5.41) is 4.98. The molecule has 2 heterocycles. The Morgan fingerprint density at radius 3 is 2.71 bits per heavy atom. The van der Waals surface area contributed by atoms with Gasteiger partial charge >= 0.3 is 0 Å².